The third-order valence-electron chi connectivity index (χ3n) is 1.33. The molecule has 0 aliphatic carbocycles. The number of hydrogen-bond acceptors (Lipinski definition) is 3. The van der Waals surface area contributed by atoms with Gasteiger partial charge in [0.05, 0.1) is 6.21 Å². The van der Waals surface area contributed by atoms with Crippen LogP contribution < -0.4 is 11.2 Å². The van der Waals surface area contributed by atoms with Gasteiger partial charge in [-0.3, -0.25) is 5.41 Å². The Hall–Kier alpha value is -2.04. The average molecular weight is 178 g/mol. The first kappa shape index (κ1) is 9.05. The Labute approximate surface area is 75.4 Å². The maximum Gasteiger partial charge on any atom is 0.206 e. The Kier molecular flexibility index (Phi) is 2.86. The highest BCUT2D eigenvalue weighted by Crippen LogP contribution is 2.12. The van der Waals surface area contributed by atoms with E-state index in [4.69, 9.17) is 11.1 Å². The van der Waals surface area contributed by atoms with E-state index in [0.29, 0.717) is 5.56 Å². The van der Waals surface area contributed by atoms with Gasteiger partial charge in [-0.1, -0.05) is 12.1 Å². The summed E-state index contributed by atoms with van der Waals surface area (Å²) in [5.41, 5.74) is 7.80. The molecular formula is C8H10N4O. The minimum absolute atomic E-state index is 0.136. The molecule has 5 heteroatoms. The zero-order chi connectivity index (χ0) is 9.68. The number of nitrogens with one attached hydrogen (secondary N) is 2. The molecule has 0 saturated heterocycles. The lowest BCUT2D eigenvalue weighted by Crippen LogP contribution is -2.25. The van der Waals surface area contributed by atoms with Crippen LogP contribution in [-0.4, -0.2) is 17.3 Å². The van der Waals surface area contributed by atoms with Crippen LogP contribution in [0.25, 0.3) is 0 Å². The molecule has 5 N–H and O–H groups in total. The number of nitrogens with two attached hydrogens (primary N) is 1. The van der Waals surface area contributed by atoms with E-state index in [1.165, 1.54) is 6.21 Å². The lowest BCUT2D eigenvalue weighted by atomic mass is 10.2. The standard InChI is InChI=1S/C8H10N4O/c9-8(10)12-11-5-6-3-1-2-4-7(6)13/h1-5,13H,(H4,9,10,12)/b11-5+. The van der Waals surface area contributed by atoms with Crippen LogP contribution in [-0.2, 0) is 0 Å². The predicted molar refractivity (Wildman–Crippen MR) is 50.8 cm³/mol. The molecule has 0 spiro atoms. The monoisotopic (exact) mass is 178 g/mol. The summed E-state index contributed by atoms with van der Waals surface area (Å²) < 4.78 is 0. The number of para-hydroxylation sites is 1. The Bertz CT molecular complexity index is 335. The van der Waals surface area contributed by atoms with Crippen molar-refractivity contribution < 1.29 is 5.11 Å². The van der Waals surface area contributed by atoms with E-state index < -0.39 is 0 Å². The summed E-state index contributed by atoms with van der Waals surface area (Å²) in [4.78, 5) is 0. The van der Waals surface area contributed by atoms with E-state index in [0.717, 1.165) is 0 Å². The summed E-state index contributed by atoms with van der Waals surface area (Å²) in [7, 11) is 0. The van der Waals surface area contributed by atoms with Gasteiger partial charge in [0.1, 0.15) is 5.75 Å². The Morgan fingerprint density at radius 2 is 2.23 bits per heavy atom. The minimum Gasteiger partial charge on any atom is -0.507 e. The molecule has 0 saturated carbocycles. The molecule has 0 unspecified atom stereocenters. The molecule has 0 aliphatic heterocycles. The molecule has 0 bridgehead atoms. The van der Waals surface area contributed by atoms with E-state index in [-0.39, 0.29) is 11.7 Å². The van der Waals surface area contributed by atoms with Crippen LogP contribution in [0.4, 0.5) is 0 Å². The van der Waals surface area contributed by atoms with Crippen LogP contribution in [0, 0.1) is 5.41 Å². The van der Waals surface area contributed by atoms with E-state index >= 15 is 0 Å². The molecule has 0 aromatic heterocycles. The van der Waals surface area contributed by atoms with Crippen LogP contribution >= 0.6 is 0 Å². The van der Waals surface area contributed by atoms with Crippen molar-refractivity contribution in [2.75, 3.05) is 0 Å². The van der Waals surface area contributed by atoms with Crippen molar-refractivity contribution in [3.05, 3.63) is 29.8 Å². The first-order chi connectivity index (χ1) is 6.20. The van der Waals surface area contributed by atoms with Gasteiger partial charge in [0.2, 0.25) is 5.96 Å². The normalized spacial score (nSPS) is 10.2. The second-order valence-corrected chi connectivity index (χ2v) is 2.34. The molecule has 13 heavy (non-hydrogen) atoms. The van der Waals surface area contributed by atoms with Gasteiger partial charge in [-0.05, 0) is 12.1 Å². The minimum atomic E-state index is -0.244. The molecule has 1 aromatic carbocycles. The van der Waals surface area contributed by atoms with Crippen molar-refractivity contribution in [1.82, 2.24) is 5.43 Å². The van der Waals surface area contributed by atoms with Gasteiger partial charge >= 0.3 is 0 Å². The molecule has 5 nitrogen and oxygen atoms in total. The summed E-state index contributed by atoms with van der Waals surface area (Å²) in [6, 6.07) is 6.73. The molecule has 0 radical (unpaired) electrons. The van der Waals surface area contributed by atoms with Gasteiger partial charge in [0, 0.05) is 5.56 Å². The lowest BCUT2D eigenvalue weighted by molar-refractivity contribution is 0.474. The highest BCUT2D eigenvalue weighted by molar-refractivity contribution is 5.84. The number of benzene rings is 1. The summed E-state index contributed by atoms with van der Waals surface area (Å²) in [6.45, 7) is 0. The summed E-state index contributed by atoms with van der Waals surface area (Å²) in [6.07, 6.45) is 1.39. The van der Waals surface area contributed by atoms with E-state index in [2.05, 4.69) is 10.5 Å². The van der Waals surface area contributed by atoms with Crippen molar-refractivity contribution in [1.29, 1.82) is 5.41 Å². The third kappa shape index (κ3) is 2.82. The Morgan fingerprint density at radius 1 is 1.54 bits per heavy atom. The molecule has 0 aliphatic rings. The maximum atomic E-state index is 9.27. The number of hydrazone groups is 1. The van der Waals surface area contributed by atoms with Gasteiger partial charge in [0.15, 0.2) is 0 Å². The fourth-order valence-corrected chi connectivity index (χ4v) is 0.768. The number of hydrogen-bond donors (Lipinski definition) is 4. The van der Waals surface area contributed by atoms with Crippen LogP contribution in [0.15, 0.2) is 29.4 Å². The fourth-order valence-electron chi connectivity index (χ4n) is 0.768. The number of rotatable bonds is 2. The number of phenolic OH excluding ortho intramolecular Hbond substituents is 1. The summed E-state index contributed by atoms with van der Waals surface area (Å²) >= 11 is 0. The van der Waals surface area contributed by atoms with Gasteiger partial charge in [-0.2, -0.15) is 5.10 Å². The van der Waals surface area contributed by atoms with Gasteiger partial charge in [-0.15, -0.1) is 0 Å². The summed E-state index contributed by atoms with van der Waals surface area (Å²) in [5, 5.41) is 19.7. The van der Waals surface area contributed by atoms with Crippen molar-refractivity contribution in [2.24, 2.45) is 10.8 Å². The van der Waals surface area contributed by atoms with Crippen molar-refractivity contribution in [3.8, 4) is 5.75 Å². The van der Waals surface area contributed by atoms with Crippen molar-refractivity contribution >= 4 is 12.2 Å². The molecule has 1 rings (SSSR count). The summed E-state index contributed by atoms with van der Waals surface area (Å²) in [5.74, 6) is -0.108. The molecular weight excluding hydrogens is 168 g/mol. The molecule has 1 aromatic rings. The van der Waals surface area contributed by atoms with E-state index in [1.807, 2.05) is 0 Å². The number of nitrogens with zero attached hydrogens (tertiary/aromatic N) is 1. The number of guanidine groups is 1. The van der Waals surface area contributed by atoms with Gasteiger partial charge in [0.25, 0.3) is 0 Å². The highest BCUT2D eigenvalue weighted by Gasteiger charge is 1.93. The van der Waals surface area contributed by atoms with Crippen molar-refractivity contribution in [3.63, 3.8) is 0 Å². The van der Waals surface area contributed by atoms with E-state index in [1.54, 1.807) is 24.3 Å². The van der Waals surface area contributed by atoms with Crippen LogP contribution in [0.3, 0.4) is 0 Å². The number of aromatic hydroxyl groups is 1. The second-order valence-electron chi connectivity index (χ2n) is 2.34. The first-order valence-corrected chi connectivity index (χ1v) is 3.61. The fraction of sp³-hybridized carbons (Fsp3) is 0. The molecule has 0 amide bonds. The SMILES string of the molecule is N=C(N)N/N=C/c1ccccc1O. The van der Waals surface area contributed by atoms with Crippen LogP contribution in [0.1, 0.15) is 5.56 Å². The zero-order valence-corrected chi connectivity index (χ0v) is 6.86. The lowest BCUT2D eigenvalue weighted by Gasteiger charge is -1.97. The molecule has 0 atom stereocenters. The second kappa shape index (κ2) is 4.10. The zero-order valence-electron chi connectivity index (χ0n) is 6.86. The van der Waals surface area contributed by atoms with Crippen LogP contribution in [0.5, 0.6) is 5.75 Å². The molecule has 0 fully saturated rings. The predicted octanol–water partition coefficient (Wildman–Crippen LogP) is 0.209. The molecule has 68 valence electrons. The number of phenols is 1. The average Bonchev–Trinajstić information content (AvgIpc) is 2.08. The molecule has 0 heterocycles. The highest BCUT2D eigenvalue weighted by atomic mass is 16.3. The quantitative estimate of drug-likeness (QED) is 0.296. The van der Waals surface area contributed by atoms with Gasteiger partial charge in [-0.25, -0.2) is 5.43 Å². The smallest absolute Gasteiger partial charge is 0.206 e. The van der Waals surface area contributed by atoms with E-state index in [9.17, 15) is 5.11 Å². The maximum absolute atomic E-state index is 9.27. The van der Waals surface area contributed by atoms with Gasteiger partial charge < -0.3 is 10.8 Å². The third-order valence-corrected chi connectivity index (χ3v) is 1.33. The first-order valence-electron chi connectivity index (χ1n) is 3.61. The largest absolute Gasteiger partial charge is 0.507 e. The van der Waals surface area contributed by atoms with Crippen molar-refractivity contribution in [2.45, 2.75) is 0 Å². The Balaban J connectivity index is 2.68. The topological polar surface area (TPSA) is 94.5 Å². The Morgan fingerprint density at radius 3 is 2.85 bits per heavy atom. The van der Waals surface area contributed by atoms with Crippen LogP contribution in [0.2, 0.25) is 0 Å².